The number of esters is 1. The average Bonchev–Trinajstić information content (AvgIpc) is 2.18. The minimum absolute atomic E-state index is 0.556. The van der Waals surface area contributed by atoms with Gasteiger partial charge in [0.05, 0.1) is 6.61 Å². The SMILES string of the molecule is CCCCOC(CCC)OC(=O)CF. The molecule has 0 N–H and O–H groups in total. The van der Waals surface area contributed by atoms with E-state index >= 15 is 0 Å². The minimum atomic E-state index is -1.09. The Bertz CT molecular complexity index is 150. The Morgan fingerprint density at radius 3 is 2.57 bits per heavy atom. The lowest BCUT2D eigenvalue weighted by Gasteiger charge is -2.16. The molecule has 0 rings (SSSR count). The molecule has 0 aromatic heterocycles. The van der Waals surface area contributed by atoms with E-state index in [1.165, 1.54) is 0 Å². The van der Waals surface area contributed by atoms with Crippen molar-refractivity contribution in [3.63, 3.8) is 0 Å². The Hall–Kier alpha value is -0.640. The lowest BCUT2D eigenvalue weighted by atomic mass is 10.3. The van der Waals surface area contributed by atoms with Crippen molar-refractivity contribution < 1.29 is 18.7 Å². The van der Waals surface area contributed by atoms with Crippen molar-refractivity contribution in [3.05, 3.63) is 0 Å². The normalized spacial score (nSPS) is 12.5. The summed E-state index contributed by atoms with van der Waals surface area (Å²) in [5, 5.41) is 0. The molecule has 0 bridgehead atoms. The number of carbonyl (C=O) groups excluding carboxylic acids is 1. The maximum Gasteiger partial charge on any atom is 0.339 e. The van der Waals surface area contributed by atoms with Gasteiger partial charge in [-0.05, 0) is 6.42 Å². The first kappa shape index (κ1) is 13.4. The largest absolute Gasteiger partial charge is 0.434 e. The molecule has 3 nitrogen and oxygen atoms in total. The predicted molar refractivity (Wildman–Crippen MR) is 51.6 cm³/mol. The third kappa shape index (κ3) is 6.83. The molecule has 0 saturated carbocycles. The Balaban J connectivity index is 3.70. The zero-order valence-corrected chi connectivity index (χ0v) is 8.92. The molecule has 0 aliphatic heterocycles. The van der Waals surface area contributed by atoms with Crippen molar-refractivity contribution in [2.75, 3.05) is 13.3 Å². The van der Waals surface area contributed by atoms with E-state index in [-0.39, 0.29) is 0 Å². The van der Waals surface area contributed by atoms with Crippen LogP contribution in [0.4, 0.5) is 4.39 Å². The van der Waals surface area contributed by atoms with Crippen LogP contribution in [0.5, 0.6) is 0 Å². The third-order valence-electron chi connectivity index (χ3n) is 1.70. The summed E-state index contributed by atoms with van der Waals surface area (Å²) in [6, 6.07) is 0. The predicted octanol–water partition coefficient (Wildman–Crippen LogP) is 2.44. The quantitative estimate of drug-likeness (QED) is 0.347. The minimum Gasteiger partial charge on any atom is -0.434 e. The maximum absolute atomic E-state index is 11.8. The summed E-state index contributed by atoms with van der Waals surface area (Å²) in [6.07, 6.45) is 2.84. The number of alkyl halides is 1. The van der Waals surface area contributed by atoms with Crippen LogP contribution in [0.1, 0.15) is 39.5 Å². The second-order valence-electron chi connectivity index (χ2n) is 3.07. The van der Waals surface area contributed by atoms with Crippen molar-refractivity contribution in [1.82, 2.24) is 0 Å². The van der Waals surface area contributed by atoms with Gasteiger partial charge >= 0.3 is 5.97 Å². The number of rotatable bonds is 8. The van der Waals surface area contributed by atoms with Gasteiger partial charge in [0.25, 0.3) is 0 Å². The molecule has 4 heteroatoms. The lowest BCUT2D eigenvalue weighted by molar-refractivity contribution is -0.181. The van der Waals surface area contributed by atoms with Crippen molar-refractivity contribution in [3.8, 4) is 0 Å². The van der Waals surface area contributed by atoms with E-state index in [0.29, 0.717) is 13.0 Å². The molecule has 0 radical (unpaired) electrons. The van der Waals surface area contributed by atoms with E-state index in [1.807, 2.05) is 13.8 Å². The Kier molecular flexibility index (Phi) is 8.53. The summed E-state index contributed by atoms with van der Waals surface area (Å²) in [5.41, 5.74) is 0. The standard InChI is InChI=1S/C10H19FO3/c1-3-5-7-13-10(6-4-2)14-9(12)8-11/h10H,3-8H2,1-2H3. The van der Waals surface area contributed by atoms with Gasteiger partial charge in [-0.3, -0.25) is 0 Å². The summed E-state index contributed by atoms with van der Waals surface area (Å²) in [7, 11) is 0. The fourth-order valence-corrected chi connectivity index (χ4v) is 0.949. The molecule has 0 aromatic rings. The van der Waals surface area contributed by atoms with Crippen LogP contribution < -0.4 is 0 Å². The molecule has 0 aromatic carbocycles. The molecular formula is C10H19FO3. The highest BCUT2D eigenvalue weighted by Gasteiger charge is 2.13. The molecule has 0 saturated heterocycles. The van der Waals surface area contributed by atoms with E-state index in [0.717, 1.165) is 19.3 Å². The smallest absolute Gasteiger partial charge is 0.339 e. The fourth-order valence-electron chi connectivity index (χ4n) is 0.949. The van der Waals surface area contributed by atoms with Gasteiger partial charge < -0.3 is 9.47 Å². The summed E-state index contributed by atoms with van der Waals surface area (Å²) in [4.78, 5) is 10.7. The van der Waals surface area contributed by atoms with Crippen molar-refractivity contribution >= 4 is 5.97 Å². The monoisotopic (exact) mass is 206 g/mol. The van der Waals surface area contributed by atoms with Gasteiger partial charge in [-0.1, -0.05) is 26.7 Å². The van der Waals surface area contributed by atoms with Crippen LogP contribution in [0.25, 0.3) is 0 Å². The molecule has 84 valence electrons. The second kappa shape index (κ2) is 8.94. The Labute approximate surface area is 84.6 Å². The summed E-state index contributed by atoms with van der Waals surface area (Å²) in [6.45, 7) is 3.48. The molecule has 0 spiro atoms. The van der Waals surface area contributed by atoms with E-state index in [4.69, 9.17) is 9.47 Å². The van der Waals surface area contributed by atoms with Gasteiger partial charge in [0, 0.05) is 6.42 Å². The Morgan fingerprint density at radius 2 is 2.07 bits per heavy atom. The molecule has 0 aliphatic carbocycles. The number of hydrogen-bond acceptors (Lipinski definition) is 3. The average molecular weight is 206 g/mol. The molecular weight excluding hydrogens is 187 g/mol. The van der Waals surface area contributed by atoms with Crippen LogP contribution in [0.3, 0.4) is 0 Å². The van der Waals surface area contributed by atoms with E-state index in [2.05, 4.69) is 0 Å². The Morgan fingerprint density at radius 1 is 1.36 bits per heavy atom. The van der Waals surface area contributed by atoms with Crippen LogP contribution in [-0.4, -0.2) is 25.5 Å². The van der Waals surface area contributed by atoms with Gasteiger partial charge in [0.15, 0.2) is 6.67 Å². The highest BCUT2D eigenvalue weighted by molar-refractivity contribution is 5.70. The third-order valence-corrected chi connectivity index (χ3v) is 1.70. The van der Waals surface area contributed by atoms with Gasteiger partial charge in [0.1, 0.15) is 0 Å². The molecule has 0 fully saturated rings. The van der Waals surface area contributed by atoms with Gasteiger partial charge in [-0.15, -0.1) is 0 Å². The molecule has 0 amide bonds. The number of ether oxygens (including phenoxy) is 2. The van der Waals surface area contributed by atoms with Gasteiger partial charge in [-0.2, -0.15) is 0 Å². The van der Waals surface area contributed by atoms with E-state index in [1.54, 1.807) is 0 Å². The first-order chi connectivity index (χ1) is 6.74. The van der Waals surface area contributed by atoms with Crippen molar-refractivity contribution in [1.29, 1.82) is 0 Å². The molecule has 0 heterocycles. The van der Waals surface area contributed by atoms with Crippen LogP contribution in [0.15, 0.2) is 0 Å². The number of halogens is 1. The zero-order chi connectivity index (χ0) is 10.8. The van der Waals surface area contributed by atoms with Crippen LogP contribution in [0, 0.1) is 0 Å². The first-order valence-corrected chi connectivity index (χ1v) is 5.11. The summed E-state index contributed by atoms with van der Waals surface area (Å²) < 4.78 is 21.9. The van der Waals surface area contributed by atoms with Crippen molar-refractivity contribution in [2.45, 2.75) is 45.8 Å². The highest BCUT2D eigenvalue weighted by Crippen LogP contribution is 2.06. The molecule has 1 atom stereocenters. The molecule has 14 heavy (non-hydrogen) atoms. The van der Waals surface area contributed by atoms with Gasteiger partial charge in [0.2, 0.25) is 6.29 Å². The zero-order valence-electron chi connectivity index (χ0n) is 8.92. The highest BCUT2D eigenvalue weighted by atomic mass is 19.1. The van der Waals surface area contributed by atoms with Crippen LogP contribution >= 0.6 is 0 Å². The lowest BCUT2D eigenvalue weighted by Crippen LogP contribution is -2.22. The number of hydrogen-bond donors (Lipinski definition) is 0. The topological polar surface area (TPSA) is 35.5 Å². The molecule has 0 aliphatic rings. The van der Waals surface area contributed by atoms with Crippen LogP contribution in [0.2, 0.25) is 0 Å². The summed E-state index contributed by atoms with van der Waals surface area (Å²) >= 11 is 0. The van der Waals surface area contributed by atoms with E-state index < -0.39 is 18.9 Å². The first-order valence-electron chi connectivity index (χ1n) is 5.11. The van der Waals surface area contributed by atoms with Crippen molar-refractivity contribution in [2.24, 2.45) is 0 Å². The number of carbonyl (C=O) groups is 1. The van der Waals surface area contributed by atoms with Crippen LogP contribution in [-0.2, 0) is 14.3 Å². The maximum atomic E-state index is 11.8. The fraction of sp³-hybridized carbons (Fsp3) is 0.900. The number of unbranched alkanes of at least 4 members (excludes halogenated alkanes) is 1. The summed E-state index contributed by atoms with van der Waals surface area (Å²) in [5.74, 6) is -0.847. The van der Waals surface area contributed by atoms with Gasteiger partial charge in [-0.25, -0.2) is 9.18 Å². The second-order valence-corrected chi connectivity index (χ2v) is 3.07. The molecule has 1 unspecified atom stereocenters. The van der Waals surface area contributed by atoms with E-state index in [9.17, 15) is 9.18 Å².